The summed E-state index contributed by atoms with van der Waals surface area (Å²) in [7, 11) is -3.68. The third-order valence-corrected chi connectivity index (χ3v) is 4.30. The van der Waals surface area contributed by atoms with Gasteiger partial charge in [-0.15, -0.1) is 0 Å². The first-order chi connectivity index (χ1) is 8.83. The number of rotatable bonds is 6. The molecule has 106 valence electrons. The van der Waals surface area contributed by atoms with Gasteiger partial charge in [0.15, 0.2) is 9.84 Å². The molecule has 0 aliphatic carbocycles. The number of nitrogens with two attached hydrogens (primary N) is 1. The molecule has 1 aromatic rings. The molecular formula is C13H20N2O3S. The van der Waals surface area contributed by atoms with Gasteiger partial charge < -0.3 is 11.1 Å². The molecule has 0 heterocycles. The van der Waals surface area contributed by atoms with E-state index in [2.05, 4.69) is 5.32 Å². The van der Waals surface area contributed by atoms with Crippen molar-refractivity contribution in [2.45, 2.75) is 25.2 Å². The number of hydrogen-bond donors (Lipinski definition) is 2. The van der Waals surface area contributed by atoms with Gasteiger partial charge in [0, 0.05) is 6.54 Å². The van der Waals surface area contributed by atoms with Crippen LogP contribution in [-0.2, 0) is 14.6 Å². The Balaban J connectivity index is 2.65. The number of amides is 1. The second-order valence-electron chi connectivity index (χ2n) is 4.83. The van der Waals surface area contributed by atoms with E-state index in [0.29, 0.717) is 12.5 Å². The number of anilines is 1. The Bertz CT molecular complexity index is 539. The van der Waals surface area contributed by atoms with Crippen LogP contribution in [0, 0.1) is 5.92 Å². The Morgan fingerprint density at radius 3 is 2.53 bits per heavy atom. The Labute approximate surface area is 114 Å². The van der Waals surface area contributed by atoms with Gasteiger partial charge in [0.25, 0.3) is 0 Å². The molecule has 0 atom stereocenters. The highest BCUT2D eigenvalue weighted by Gasteiger charge is 2.21. The lowest BCUT2D eigenvalue weighted by atomic mass is 10.1. The van der Waals surface area contributed by atoms with E-state index >= 15 is 0 Å². The van der Waals surface area contributed by atoms with Crippen LogP contribution in [0.1, 0.15) is 20.3 Å². The summed E-state index contributed by atoms with van der Waals surface area (Å²) in [6, 6.07) is 6.15. The average Bonchev–Trinajstić information content (AvgIpc) is 2.27. The standard InChI is InChI=1S/C13H20N2O3S/c1-10(2)7-8-15-13(16)9-19(17,18)12-6-4-3-5-11(12)14/h3-6,10H,7-9,14H2,1-2H3,(H,15,16). The number of nitrogen functional groups attached to an aromatic ring is 1. The van der Waals surface area contributed by atoms with Crippen molar-refractivity contribution in [2.24, 2.45) is 5.92 Å². The van der Waals surface area contributed by atoms with E-state index < -0.39 is 21.5 Å². The van der Waals surface area contributed by atoms with Gasteiger partial charge in [0.05, 0.1) is 10.6 Å². The van der Waals surface area contributed by atoms with Crippen molar-refractivity contribution in [3.63, 3.8) is 0 Å². The summed E-state index contributed by atoms with van der Waals surface area (Å²) in [4.78, 5) is 11.6. The van der Waals surface area contributed by atoms with E-state index in [-0.39, 0.29) is 10.6 Å². The van der Waals surface area contributed by atoms with Gasteiger partial charge in [-0.05, 0) is 24.5 Å². The average molecular weight is 284 g/mol. The lowest BCUT2D eigenvalue weighted by molar-refractivity contribution is -0.118. The predicted octanol–water partition coefficient (Wildman–Crippen LogP) is 1.20. The third-order valence-electron chi connectivity index (χ3n) is 2.62. The van der Waals surface area contributed by atoms with E-state index in [1.165, 1.54) is 12.1 Å². The molecule has 0 aliphatic heterocycles. The molecule has 0 bridgehead atoms. The quantitative estimate of drug-likeness (QED) is 0.768. The fraction of sp³-hybridized carbons (Fsp3) is 0.462. The third kappa shape index (κ3) is 4.90. The topological polar surface area (TPSA) is 89.3 Å². The number of benzene rings is 1. The second-order valence-corrected chi connectivity index (χ2v) is 6.79. The van der Waals surface area contributed by atoms with Crippen LogP contribution >= 0.6 is 0 Å². The van der Waals surface area contributed by atoms with Crippen LogP contribution in [0.5, 0.6) is 0 Å². The van der Waals surface area contributed by atoms with Crippen LogP contribution < -0.4 is 11.1 Å². The summed E-state index contributed by atoms with van der Waals surface area (Å²) in [5.41, 5.74) is 5.78. The maximum absolute atomic E-state index is 12.0. The minimum atomic E-state index is -3.68. The van der Waals surface area contributed by atoms with Crippen molar-refractivity contribution in [3.8, 4) is 0 Å². The minimum absolute atomic E-state index is 0.00834. The van der Waals surface area contributed by atoms with Crippen LogP contribution in [0.4, 0.5) is 5.69 Å². The largest absolute Gasteiger partial charge is 0.398 e. The molecule has 0 radical (unpaired) electrons. The second kappa shape index (κ2) is 6.56. The normalized spacial score (nSPS) is 11.5. The molecule has 1 rings (SSSR count). The summed E-state index contributed by atoms with van der Waals surface area (Å²) in [5, 5.41) is 2.60. The van der Waals surface area contributed by atoms with Gasteiger partial charge in [0.2, 0.25) is 5.91 Å². The van der Waals surface area contributed by atoms with Crippen molar-refractivity contribution in [3.05, 3.63) is 24.3 Å². The first-order valence-electron chi connectivity index (χ1n) is 6.17. The maximum atomic E-state index is 12.0. The highest BCUT2D eigenvalue weighted by molar-refractivity contribution is 7.92. The molecule has 0 unspecified atom stereocenters. The molecule has 5 nitrogen and oxygen atoms in total. The Hall–Kier alpha value is -1.56. The van der Waals surface area contributed by atoms with E-state index in [1.807, 2.05) is 13.8 Å². The van der Waals surface area contributed by atoms with E-state index in [1.54, 1.807) is 12.1 Å². The molecule has 0 aromatic heterocycles. The van der Waals surface area contributed by atoms with Crippen molar-refractivity contribution >= 4 is 21.4 Å². The molecule has 0 saturated heterocycles. The SMILES string of the molecule is CC(C)CCNC(=O)CS(=O)(=O)c1ccccc1N. The van der Waals surface area contributed by atoms with Gasteiger partial charge in [-0.3, -0.25) is 4.79 Å². The highest BCUT2D eigenvalue weighted by Crippen LogP contribution is 2.18. The number of sulfone groups is 1. The van der Waals surface area contributed by atoms with Crippen LogP contribution in [-0.4, -0.2) is 26.6 Å². The summed E-state index contributed by atoms with van der Waals surface area (Å²) in [6.45, 7) is 4.55. The number of carbonyl (C=O) groups is 1. The molecular weight excluding hydrogens is 264 g/mol. The van der Waals surface area contributed by atoms with E-state index in [4.69, 9.17) is 5.73 Å². The maximum Gasteiger partial charge on any atom is 0.235 e. The molecule has 19 heavy (non-hydrogen) atoms. The van der Waals surface area contributed by atoms with Crippen LogP contribution in [0.25, 0.3) is 0 Å². The minimum Gasteiger partial charge on any atom is -0.398 e. The fourth-order valence-electron chi connectivity index (χ4n) is 1.57. The first-order valence-corrected chi connectivity index (χ1v) is 7.82. The van der Waals surface area contributed by atoms with E-state index in [0.717, 1.165) is 6.42 Å². The van der Waals surface area contributed by atoms with Crippen LogP contribution in [0.3, 0.4) is 0 Å². The van der Waals surface area contributed by atoms with Crippen LogP contribution in [0.2, 0.25) is 0 Å². The van der Waals surface area contributed by atoms with Gasteiger partial charge in [0.1, 0.15) is 5.75 Å². The summed E-state index contributed by atoms with van der Waals surface area (Å²) < 4.78 is 24.0. The zero-order valence-electron chi connectivity index (χ0n) is 11.2. The summed E-state index contributed by atoms with van der Waals surface area (Å²) >= 11 is 0. The van der Waals surface area contributed by atoms with Gasteiger partial charge in [-0.2, -0.15) is 0 Å². The van der Waals surface area contributed by atoms with Crippen molar-refractivity contribution < 1.29 is 13.2 Å². The fourth-order valence-corrected chi connectivity index (χ4v) is 2.88. The lowest BCUT2D eigenvalue weighted by Crippen LogP contribution is -2.31. The summed E-state index contributed by atoms with van der Waals surface area (Å²) in [5.74, 6) is -0.607. The number of nitrogens with one attached hydrogen (secondary N) is 1. The number of para-hydroxylation sites is 1. The number of hydrogen-bond acceptors (Lipinski definition) is 4. The zero-order chi connectivity index (χ0) is 14.5. The Morgan fingerprint density at radius 1 is 1.32 bits per heavy atom. The monoisotopic (exact) mass is 284 g/mol. The zero-order valence-corrected chi connectivity index (χ0v) is 12.0. The molecule has 0 aliphatic rings. The molecule has 0 saturated carbocycles. The smallest absolute Gasteiger partial charge is 0.235 e. The molecule has 1 aromatic carbocycles. The molecule has 0 fully saturated rings. The Kier molecular flexibility index (Phi) is 5.35. The van der Waals surface area contributed by atoms with Crippen molar-refractivity contribution in [1.29, 1.82) is 0 Å². The van der Waals surface area contributed by atoms with Gasteiger partial charge in [-0.25, -0.2) is 8.42 Å². The van der Waals surface area contributed by atoms with Gasteiger partial charge >= 0.3 is 0 Å². The van der Waals surface area contributed by atoms with Crippen LogP contribution in [0.15, 0.2) is 29.2 Å². The molecule has 6 heteroatoms. The first kappa shape index (κ1) is 15.5. The van der Waals surface area contributed by atoms with Crippen molar-refractivity contribution in [1.82, 2.24) is 5.32 Å². The highest BCUT2D eigenvalue weighted by atomic mass is 32.2. The van der Waals surface area contributed by atoms with Crippen molar-refractivity contribution in [2.75, 3.05) is 18.0 Å². The number of carbonyl (C=O) groups excluding carboxylic acids is 1. The molecule has 0 spiro atoms. The Morgan fingerprint density at radius 2 is 1.95 bits per heavy atom. The lowest BCUT2D eigenvalue weighted by Gasteiger charge is -2.09. The van der Waals surface area contributed by atoms with E-state index in [9.17, 15) is 13.2 Å². The van der Waals surface area contributed by atoms with Gasteiger partial charge in [-0.1, -0.05) is 26.0 Å². The molecule has 1 amide bonds. The predicted molar refractivity (Wildman–Crippen MR) is 75.4 cm³/mol. The summed E-state index contributed by atoms with van der Waals surface area (Å²) in [6.07, 6.45) is 0.819. The molecule has 3 N–H and O–H groups in total.